The first-order chi connectivity index (χ1) is 12.2. The van der Waals surface area contributed by atoms with E-state index < -0.39 is 0 Å². The molecule has 1 fully saturated rings. The summed E-state index contributed by atoms with van der Waals surface area (Å²) in [6, 6.07) is 3.41. The van der Waals surface area contributed by atoms with Gasteiger partial charge in [0.25, 0.3) is 5.91 Å². The molecule has 0 saturated carbocycles. The summed E-state index contributed by atoms with van der Waals surface area (Å²) in [4.78, 5) is 24.7. The molecule has 0 bridgehead atoms. The number of amides is 1. The molecule has 0 radical (unpaired) electrons. The molecule has 2 aromatic heterocycles. The van der Waals surface area contributed by atoms with Crippen molar-refractivity contribution < 1.29 is 13.7 Å². The number of carbonyl (C=O) groups excluding carboxylic acids is 1. The van der Waals surface area contributed by atoms with Crippen LogP contribution in [-0.4, -0.2) is 71.6 Å². The molecular weight excluding hydrogens is 324 g/mol. The van der Waals surface area contributed by atoms with E-state index in [-0.39, 0.29) is 5.91 Å². The Bertz CT molecular complexity index is 716. The van der Waals surface area contributed by atoms with Crippen molar-refractivity contribution in [2.45, 2.75) is 13.3 Å². The highest BCUT2D eigenvalue weighted by Gasteiger charge is 2.25. The van der Waals surface area contributed by atoms with Crippen LogP contribution in [0.25, 0.3) is 0 Å². The predicted octanol–water partition coefficient (Wildman–Crippen LogP) is 0.547. The lowest BCUT2D eigenvalue weighted by molar-refractivity contribution is 0.0657. The van der Waals surface area contributed by atoms with Crippen LogP contribution in [0.2, 0.25) is 0 Å². The highest BCUT2D eigenvalue weighted by molar-refractivity contribution is 5.91. The number of furan rings is 1. The van der Waals surface area contributed by atoms with Crippen molar-refractivity contribution in [3.8, 4) is 0 Å². The van der Waals surface area contributed by atoms with Crippen molar-refractivity contribution in [3.05, 3.63) is 35.9 Å². The van der Waals surface area contributed by atoms with Gasteiger partial charge < -0.3 is 24.1 Å². The Hall–Kier alpha value is -2.84. The van der Waals surface area contributed by atoms with E-state index in [4.69, 9.17) is 8.94 Å². The second-order valence-corrected chi connectivity index (χ2v) is 5.72. The highest BCUT2D eigenvalue weighted by Crippen LogP contribution is 2.09. The summed E-state index contributed by atoms with van der Waals surface area (Å²) in [5.41, 5.74) is 0. The number of aliphatic imine (C=N–C) groups is 1. The Morgan fingerprint density at radius 2 is 2.08 bits per heavy atom. The number of hydrogen-bond acceptors (Lipinski definition) is 6. The smallest absolute Gasteiger partial charge is 0.289 e. The van der Waals surface area contributed by atoms with Gasteiger partial charge in [-0.15, -0.1) is 0 Å². The van der Waals surface area contributed by atoms with Crippen LogP contribution in [-0.2, 0) is 6.42 Å². The number of aryl methyl sites for hydroxylation is 1. The second kappa shape index (κ2) is 7.82. The van der Waals surface area contributed by atoms with Crippen LogP contribution in [0.5, 0.6) is 0 Å². The topological polar surface area (TPSA) is 100 Å². The third kappa shape index (κ3) is 4.17. The number of nitrogens with one attached hydrogen (secondary N) is 1. The number of piperazine rings is 1. The van der Waals surface area contributed by atoms with Gasteiger partial charge >= 0.3 is 0 Å². The molecule has 1 saturated heterocycles. The zero-order valence-corrected chi connectivity index (χ0v) is 14.4. The number of guanidine groups is 1. The van der Waals surface area contributed by atoms with Crippen LogP contribution in [0.4, 0.5) is 0 Å². The maximum Gasteiger partial charge on any atom is 0.289 e. The van der Waals surface area contributed by atoms with Crippen molar-refractivity contribution >= 4 is 11.9 Å². The number of hydrogen-bond donors (Lipinski definition) is 1. The molecule has 1 amide bonds. The average Bonchev–Trinajstić information content (AvgIpc) is 3.30. The molecule has 1 aliphatic rings. The summed E-state index contributed by atoms with van der Waals surface area (Å²) in [5.74, 6) is 2.36. The number of aromatic nitrogens is 2. The van der Waals surface area contributed by atoms with Gasteiger partial charge in [0.15, 0.2) is 17.5 Å². The highest BCUT2D eigenvalue weighted by atomic mass is 16.5. The maximum absolute atomic E-state index is 12.3. The van der Waals surface area contributed by atoms with Crippen molar-refractivity contribution in [3.63, 3.8) is 0 Å². The fourth-order valence-corrected chi connectivity index (χ4v) is 2.73. The van der Waals surface area contributed by atoms with Crippen LogP contribution >= 0.6 is 0 Å². The Kier molecular flexibility index (Phi) is 5.32. The van der Waals surface area contributed by atoms with Crippen LogP contribution in [0.3, 0.4) is 0 Å². The molecule has 0 unspecified atom stereocenters. The minimum absolute atomic E-state index is 0.0700. The lowest BCUT2D eigenvalue weighted by Crippen LogP contribution is -2.54. The second-order valence-electron chi connectivity index (χ2n) is 5.72. The minimum atomic E-state index is -0.0700. The number of rotatable bonds is 4. The van der Waals surface area contributed by atoms with Gasteiger partial charge in [-0.3, -0.25) is 9.79 Å². The normalized spacial score (nSPS) is 15.5. The third-order valence-electron chi connectivity index (χ3n) is 4.00. The van der Waals surface area contributed by atoms with Crippen molar-refractivity contribution in [1.82, 2.24) is 25.3 Å². The molecule has 0 atom stereocenters. The average molecular weight is 346 g/mol. The summed E-state index contributed by atoms with van der Waals surface area (Å²) in [5, 5.41) is 7.07. The number of nitrogens with zero attached hydrogens (tertiary/aromatic N) is 5. The van der Waals surface area contributed by atoms with E-state index in [0.717, 1.165) is 5.96 Å². The Morgan fingerprint density at radius 3 is 2.68 bits per heavy atom. The van der Waals surface area contributed by atoms with Crippen molar-refractivity contribution in [1.29, 1.82) is 0 Å². The van der Waals surface area contributed by atoms with Crippen molar-refractivity contribution in [2.24, 2.45) is 4.99 Å². The lowest BCUT2D eigenvalue weighted by Gasteiger charge is -2.36. The molecule has 0 spiro atoms. The van der Waals surface area contributed by atoms with Gasteiger partial charge in [0.1, 0.15) is 0 Å². The quantitative estimate of drug-likeness (QED) is 0.637. The van der Waals surface area contributed by atoms with E-state index in [1.54, 1.807) is 31.0 Å². The molecule has 3 heterocycles. The SMILES string of the molecule is CN=C(NCCc1nc(C)no1)N1CCN(C(=O)c2ccco2)CC1. The molecule has 2 aromatic rings. The van der Waals surface area contributed by atoms with Crippen LogP contribution < -0.4 is 5.32 Å². The molecule has 1 aliphatic heterocycles. The molecule has 1 N–H and O–H groups in total. The van der Waals surface area contributed by atoms with E-state index in [9.17, 15) is 4.79 Å². The Balaban J connectivity index is 1.46. The van der Waals surface area contributed by atoms with Crippen molar-refractivity contribution in [2.75, 3.05) is 39.8 Å². The first kappa shape index (κ1) is 17.0. The molecular formula is C16H22N6O3. The Morgan fingerprint density at radius 1 is 1.32 bits per heavy atom. The van der Waals surface area contributed by atoms with E-state index in [0.29, 0.717) is 56.6 Å². The van der Waals surface area contributed by atoms with Crippen LogP contribution in [0, 0.1) is 6.92 Å². The third-order valence-corrected chi connectivity index (χ3v) is 4.00. The predicted molar refractivity (Wildman–Crippen MR) is 90.3 cm³/mol. The fraction of sp³-hybridized carbons (Fsp3) is 0.500. The molecule has 134 valence electrons. The standard InChI is InChI=1S/C16H22N6O3/c1-12-19-14(25-20-12)5-6-18-16(17-2)22-9-7-21(8-10-22)15(23)13-4-3-11-24-13/h3-4,11H,5-10H2,1-2H3,(H,17,18). The summed E-state index contributed by atoms with van der Waals surface area (Å²) in [6.45, 7) is 5.13. The molecule has 0 aromatic carbocycles. The van der Waals surface area contributed by atoms with Gasteiger partial charge in [0.2, 0.25) is 5.89 Å². The summed E-state index contributed by atoms with van der Waals surface area (Å²) in [7, 11) is 1.75. The summed E-state index contributed by atoms with van der Waals surface area (Å²) < 4.78 is 10.3. The zero-order chi connectivity index (χ0) is 17.6. The van der Waals surface area contributed by atoms with E-state index in [2.05, 4.69) is 25.3 Å². The fourth-order valence-electron chi connectivity index (χ4n) is 2.73. The van der Waals surface area contributed by atoms with Gasteiger partial charge in [0, 0.05) is 46.2 Å². The van der Waals surface area contributed by atoms with Gasteiger partial charge in [-0.1, -0.05) is 5.16 Å². The maximum atomic E-state index is 12.3. The molecule has 0 aliphatic carbocycles. The molecule has 25 heavy (non-hydrogen) atoms. The minimum Gasteiger partial charge on any atom is -0.459 e. The zero-order valence-electron chi connectivity index (χ0n) is 14.4. The Labute approximate surface area is 145 Å². The first-order valence-corrected chi connectivity index (χ1v) is 8.25. The van der Waals surface area contributed by atoms with Crippen LogP contribution in [0.15, 0.2) is 32.3 Å². The largest absolute Gasteiger partial charge is 0.459 e. The molecule has 9 heteroatoms. The van der Waals surface area contributed by atoms with E-state index in [1.807, 2.05) is 0 Å². The summed E-state index contributed by atoms with van der Waals surface area (Å²) in [6.07, 6.45) is 2.15. The molecule has 3 rings (SSSR count). The number of carbonyl (C=O) groups is 1. The van der Waals surface area contributed by atoms with E-state index >= 15 is 0 Å². The molecule has 9 nitrogen and oxygen atoms in total. The van der Waals surface area contributed by atoms with E-state index in [1.165, 1.54) is 6.26 Å². The van der Waals surface area contributed by atoms with Gasteiger partial charge in [-0.25, -0.2) is 0 Å². The van der Waals surface area contributed by atoms with Gasteiger partial charge in [-0.05, 0) is 19.1 Å². The van der Waals surface area contributed by atoms with Gasteiger partial charge in [0.05, 0.1) is 6.26 Å². The van der Waals surface area contributed by atoms with Crippen LogP contribution in [0.1, 0.15) is 22.3 Å². The van der Waals surface area contributed by atoms with Gasteiger partial charge in [-0.2, -0.15) is 4.98 Å². The summed E-state index contributed by atoms with van der Waals surface area (Å²) >= 11 is 0. The monoisotopic (exact) mass is 346 g/mol. The lowest BCUT2D eigenvalue weighted by atomic mass is 10.3. The first-order valence-electron chi connectivity index (χ1n) is 8.25.